The molecule has 0 bridgehead atoms. The third-order valence-corrected chi connectivity index (χ3v) is 6.58. The van der Waals surface area contributed by atoms with Crippen molar-refractivity contribution in [3.05, 3.63) is 64.7 Å². The van der Waals surface area contributed by atoms with E-state index in [0.717, 1.165) is 37.3 Å². The Hall–Kier alpha value is -4.36. The minimum absolute atomic E-state index is 0.0981. The van der Waals surface area contributed by atoms with Crippen LogP contribution in [0, 0.1) is 17.3 Å². The highest BCUT2D eigenvalue weighted by Gasteiger charge is 2.48. The number of nitrogens with zero attached hydrogens (tertiary/aromatic N) is 2. The van der Waals surface area contributed by atoms with Crippen molar-refractivity contribution in [1.82, 2.24) is 25.8 Å². The van der Waals surface area contributed by atoms with Crippen LogP contribution in [0.1, 0.15) is 27.0 Å². The molecule has 2 aromatic carbocycles. The van der Waals surface area contributed by atoms with Gasteiger partial charge in [-0.25, -0.2) is 4.79 Å². The Morgan fingerprint density at radius 2 is 1.86 bits per heavy atom. The Morgan fingerprint density at radius 3 is 2.53 bits per heavy atom. The molecule has 184 valence electrons. The van der Waals surface area contributed by atoms with Crippen molar-refractivity contribution in [2.24, 2.45) is 0 Å². The molecule has 36 heavy (non-hydrogen) atoms. The lowest BCUT2D eigenvalue weighted by Crippen LogP contribution is -2.54. The molecule has 0 aromatic heterocycles. The molecule has 4 amide bonds. The number of fused-ring (bicyclic) bond motifs is 1. The van der Waals surface area contributed by atoms with Crippen LogP contribution in [0.2, 0.25) is 0 Å². The summed E-state index contributed by atoms with van der Waals surface area (Å²) >= 11 is 0. The van der Waals surface area contributed by atoms with Crippen LogP contribution in [-0.4, -0.2) is 78.9 Å². The molecule has 0 saturated carbocycles. The summed E-state index contributed by atoms with van der Waals surface area (Å²) in [5.74, 6) is 6.06. The number of ether oxygens (including phenoxy) is 1. The van der Waals surface area contributed by atoms with E-state index in [9.17, 15) is 14.4 Å². The minimum Gasteiger partial charge on any atom is -0.497 e. The molecular formula is C26H26N6O4. The topological polar surface area (TPSA) is 127 Å². The number of hydrogen-bond donors (Lipinski definition) is 4. The summed E-state index contributed by atoms with van der Waals surface area (Å²) in [5, 5.41) is 16.6. The molecule has 0 spiro atoms. The van der Waals surface area contributed by atoms with Crippen molar-refractivity contribution in [3.63, 3.8) is 0 Å². The highest BCUT2D eigenvalue weighted by atomic mass is 16.5. The van der Waals surface area contributed by atoms with Crippen molar-refractivity contribution in [3.8, 4) is 17.6 Å². The van der Waals surface area contributed by atoms with Gasteiger partial charge in [-0.3, -0.25) is 20.3 Å². The number of imide groups is 1. The van der Waals surface area contributed by atoms with E-state index in [0.29, 0.717) is 29.3 Å². The molecule has 5 rings (SSSR count). The van der Waals surface area contributed by atoms with Gasteiger partial charge in [-0.1, -0.05) is 30.0 Å². The van der Waals surface area contributed by atoms with E-state index in [-0.39, 0.29) is 12.5 Å². The summed E-state index contributed by atoms with van der Waals surface area (Å²) < 4.78 is 5.22. The van der Waals surface area contributed by atoms with Gasteiger partial charge < -0.3 is 25.2 Å². The van der Waals surface area contributed by atoms with Crippen LogP contribution < -0.4 is 20.7 Å². The summed E-state index contributed by atoms with van der Waals surface area (Å²) in [7, 11) is 1.53. The zero-order valence-electron chi connectivity index (χ0n) is 19.8. The average Bonchev–Trinajstić information content (AvgIpc) is 3.36. The lowest BCUT2D eigenvalue weighted by Gasteiger charge is -2.29. The van der Waals surface area contributed by atoms with Gasteiger partial charge in [-0.05, 0) is 29.8 Å². The summed E-state index contributed by atoms with van der Waals surface area (Å²) in [6, 6.07) is 11.8. The third-order valence-electron chi connectivity index (χ3n) is 6.58. The summed E-state index contributed by atoms with van der Waals surface area (Å²) in [5.41, 5.74) is 1.15. The average molecular weight is 487 g/mol. The van der Waals surface area contributed by atoms with Gasteiger partial charge in [0.2, 0.25) is 5.54 Å². The van der Waals surface area contributed by atoms with Crippen molar-refractivity contribution in [2.75, 3.05) is 39.8 Å². The quantitative estimate of drug-likeness (QED) is 0.216. The monoisotopic (exact) mass is 486 g/mol. The van der Waals surface area contributed by atoms with Crippen LogP contribution in [0.15, 0.2) is 42.5 Å². The predicted octanol–water partition coefficient (Wildman–Crippen LogP) is 0.511. The number of amides is 4. The lowest BCUT2D eigenvalue weighted by atomic mass is 9.99. The number of rotatable bonds is 4. The third kappa shape index (κ3) is 4.36. The number of urea groups is 1. The Labute approximate surface area is 208 Å². The Kier molecular flexibility index (Phi) is 6.08. The molecule has 3 aliphatic rings. The SMILES string of the molecule is COc1ccc2c(c1)C(=O)N(C[C@@]1(C#Cc3ccc(C(=N)N4CCNCC4)cc3)NC(=O)NC1=O)C2. The molecule has 0 aliphatic carbocycles. The van der Waals surface area contributed by atoms with Crippen LogP contribution >= 0.6 is 0 Å². The lowest BCUT2D eigenvalue weighted by molar-refractivity contribution is -0.122. The van der Waals surface area contributed by atoms with Crippen LogP contribution in [0.3, 0.4) is 0 Å². The minimum atomic E-state index is -1.58. The van der Waals surface area contributed by atoms with Crippen molar-refractivity contribution >= 4 is 23.7 Å². The van der Waals surface area contributed by atoms with Gasteiger partial charge in [0.25, 0.3) is 11.8 Å². The van der Waals surface area contributed by atoms with Crippen LogP contribution in [-0.2, 0) is 11.3 Å². The second-order valence-corrected chi connectivity index (χ2v) is 8.91. The number of hydrogen-bond acceptors (Lipinski definition) is 6. The van der Waals surface area contributed by atoms with Crippen molar-refractivity contribution in [2.45, 2.75) is 12.1 Å². The van der Waals surface area contributed by atoms with E-state index in [4.69, 9.17) is 10.1 Å². The number of benzene rings is 2. The molecular weight excluding hydrogens is 460 g/mol. The molecule has 3 heterocycles. The van der Waals surface area contributed by atoms with E-state index < -0.39 is 17.5 Å². The molecule has 0 radical (unpaired) electrons. The zero-order chi connectivity index (χ0) is 25.3. The summed E-state index contributed by atoms with van der Waals surface area (Å²) in [6.07, 6.45) is 0. The highest BCUT2D eigenvalue weighted by Crippen LogP contribution is 2.28. The number of nitrogens with one attached hydrogen (secondary N) is 4. The normalized spacial score (nSPS) is 20.9. The molecule has 0 unspecified atom stereocenters. The molecule has 2 fully saturated rings. The van der Waals surface area contributed by atoms with Gasteiger partial charge in [0, 0.05) is 49.4 Å². The first-order valence-corrected chi connectivity index (χ1v) is 11.7. The predicted molar refractivity (Wildman–Crippen MR) is 132 cm³/mol. The van der Waals surface area contributed by atoms with Crippen LogP contribution in [0.5, 0.6) is 5.75 Å². The summed E-state index contributed by atoms with van der Waals surface area (Å²) in [4.78, 5) is 41.4. The fourth-order valence-corrected chi connectivity index (χ4v) is 4.57. The van der Waals surface area contributed by atoms with Crippen LogP contribution in [0.25, 0.3) is 0 Å². The smallest absolute Gasteiger partial charge is 0.323 e. The maximum absolute atomic E-state index is 13.0. The molecule has 3 aliphatic heterocycles. The molecule has 4 N–H and O–H groups in total. The maximum atomic E-state index is 13.0. The molecule has 10 nitrogen and oxygen atoms in total. The van der Waals surface area contributed by atoms with Gasteiger partial charge in [0.1, 0.15) is 11.6 Å². The maximum Gasteiger partial charge on any atom is 0.323 e. The number of carbonyl (C=O) groups excluding carboxylic acids is 3. The van der Waals surface area contributed by atoms with Gasteiger partial charge in [-0.2, -0.15) is 0 Å². The molecule has 1 atom stereocenters. The number of amidine groups is 1. The van der Waals surface area contributed by atoms with E-state index in [1.807, 2.05) is 23.1 Å². The largest absolute Gasteiger partial charge is 0.497 e. The van der Waals surface area contributed by atoms with E-state index in [2.05, 4.69) is 27.8 Å². The van der Waals surface area contributed by atoms with Gasteiger partial charge in [-0.15, -0.1) is 0 Å². The number of carbonyl (C=O) groups is 3. The summed E-state index contributed by atoms with van der Waals surface area (Å²) in [6.45, 7) is 3.46. The Morgan fingerprint density at radius 1 is 1.11 bits per heavy atom. The van der Waals surface area contributed by atoms with Crippen molar-refractivity contribution in [1.29, 1.82) is 5.41 Å². The zero-order valence-corrected chi connectivity index (χ0v) is 19.8. The van der Waals surface area contributed by atoms with Crippen LogP contribution in [0.4, 0.5) is 4.79 Å². The van der Waals surface area contributed by atoms with E-state index in [1.165, 1.54) is 12.0 Å². The van der Waals surface area contributed by atoms with E-state index in [1.54, 1.807) is 24.3 Å². The van der Waals surface area contributed by atoms with Crippen molar-refractivity contribution < 1.29 is 19.1 Å². The second-order valence-electron chi connectivity index (χ2n) is 8.91. The number of piperazine rings is 1. The molecule has 2 saturated heterocycles. The molecule has 2 aromatic rings. The van der Waals surface area contributed by atoms with Gasteiger partial charge in [0.15, 0.2) is 0 Å². The first-order chi connectivity index (χ1) is 17.4. The standard InChI is InChI=1S/C26H26N6O4/c1-36-20-7-6-19-15-32(23(33)21(19)14-20)16-26(24(34)29-25(35)30-26)9-8-17-2-4-18(5-3-17)22(27)31-12-10-28-11-13-31/h2-7,14,27-28H,10-13,15-16H2,1H3,(H2,29,30,34,35)/t26-/m1/s1. The Balaban J connectivity index is 1.36. The fourth-order valence-electron chi connectivity index (χ4n) is 4.57. The van der Waals surface area contributed by atoms with Gasteiger partial charge in [0.05, 0.1) is 13.7 Å². The van der Waals surface area contributed by atoms with E-state index >= 15 is 0 Å². The first kappa shape index (κ1) is 23.4. The van der Waals surface area contributed by atoms with Gasteiger partial charge >= 0.3 is 6.03 Å². The Bertz CT molecular complexity index is 1310. The highest BCUT2D eigenvalue weighted by molar-refractivity contribution is 6.10. The first-order valence-electron chi connectivity index (χ1n) is 11.7. The fraction of sp³-hybridized carbons (Fsp3) is 0.308. The number of methoxy groups -OCH3 is 1. The molecule has 10 heteroatoms. The second kappa shape index (κ2) is 9.36.